The molecule has 0 aliphatic heterocycles. The van der Waals surface area contributed by atoms with Crippen LogP contribution in [-0.4, -0.2) is 28.1 Å². The smallest absolute Gasteiger partial charge is 0.332 e. The Morgan fingerprint density at radius 2 is 1.89 bits per heavy atom. The molecule has 0 aromatic rings. The van der Waals surface area contributed by atoms with Gasteiger partial charge in [0.05, 0.1) is 0 Å². The number of hydrogen-bond acceptors (Lipinski definition) is 3. The van der Waals surface area contributed by atoms with Gasteiger partial charge in [0.2, 0.25) is 0 Å². The first-order valence-corrected chi connectivity index (χ1v) is 11.3. The van der Waals surface area contributed by atoms with Gasteiger partial charge in [-0.25, -0.2) is 4.79 Å². The van der Waals surface area contributed by atoms with Crippen LogP contribution in [0.15, 0.2) is 11.6 Å². The normalized spacial score (nSPS) is 44.7. The van der Waals surface area contributed by atoms with Crippen LogP contribution in [0.4, 0.5) is 0 Å². The molecule has 0 spiro atoms. The van der Waals surface area contributed by atoms with Crippen LogP contribution in [0.2, 0.25) is 0 Å². The SMILES string of the molecule is C[C@H](CC(O)C(=O)O)[C@H]1CC[C@H]2[C@@H]3CCC4=CC(=O)CC[C@]4(C)[C@H]3CC[C@]12C. The molecule has 0 saturated heterocycles. The molecule has 0 aromatic heterocycles. The molecule has 28 heavy (non-hydrogen) atoms. The van der Waals surface area contributed by atoms with E-state index in [0.29, 0.717) is 36.4 Å². The summed E-state index contributed by atoms with van der Waals surface area (Å²) in [7, 11) is 0. The Bertz CT molecular complexity index is 697. The van der Waals surface area contributed by atoms with Crippen LogP contribution in [0, 0.1) is 40.4 Å². The number of carbonyl (C=O) groups is 2. The highest BCUT2D eigenvalue weighted by Crippen LogP contribution is 2.67. The highest BCUT2D eigenvalue weighted by Gasteiger charge is 2.59. The summed E-state index contributed by atoms with van der Waals surface area (Å²) in [5.41, 5.74) is 1.89. The second kappa shape index (κ2) is 6.97. The molecule has 3 fully saturated rings. The Kier molecular flexibility index (Phi) is 5.01. The predicted molar refractivity (Wildman–Crippen MR) is 108 cm³/mol. The van der Waals surface area contributed by atoms with E-state index >= 15 is 0 Å². The number of aliphatic hydroxyl groups is 1. The number of aliphatic carboxylic acids is 1. The summed E-state index contributed by atoms with van der Waals surface area (Å²) < 4.78 is 0. The van der Waals surface area contributed by atoms with E-state index in [9.17, 15) is 14.7 Å². The fraction of sp³-hybridized carbons (Fsp3) is 0.833. The monoisotopic (exact) mass is 388 g/mol. The zero-order valence-electron chi connectivity index (χ0n) is 17.6. The lowest BCUT2D eigenvalue weighted by atomic mass is 9.46. The van der Waals surface area contributed by atoms with Crippen molar-refractivity contribution in [3.05, 3.63) is 11.6 Å². The van der Waals surface area contributed by atoms with Gasteiger partial charge in [-0.05, 0) is 97.9 Å². The molecule has 2 N–H and O–H groups in total. The number of carboxylic acid groups (broad SMARTS) is 1. The fourth-order valence-corrected chi connectivity index (χ4v) is 8.15. The minimum absolute atomic E-state index is 0.210. The van der Waals surface area contributed by atoms with E-state index in [1.54, 1.807) is 0 Å². The van der Waals surface area contributed by atoms with E-state index in [-0.39, 0.29) is 16.7 Å². The summed E-state index contributed by atoms with van der Waals surface area (Å²) in [6.07, 6.45) is 9.94. The van der Waals surface area contributed by atoms with E-state index < -0.39 is 12.1 Å². The predicted octanol–water partition coefficient (Wildman–Crippen LogP) is 4.61. The zero-order valence-corrected chi connectivity index (χ0v) is 17.6. The molecule has 3 saturated carbocycles. The summed E-state index contributed by atoms with van der Waals surface area (Å²) in [4.78, 5) is 23.1. The number of carboxylic acids is 1. The van der Waals surface area contributed by atoms with Crippen LogP contribution < -0.4 is 0 Å². The highest BCUT2D eigenvalue weighted by atomic mass is 16.4. The molecule has 0 radical (unpaired) electrons. The van der Waals surface area contributed by atoms with Gasteiger partial charge in [0.25, 0.3) is 0 Å². The Morgan fingerprint density at radius 1 is 1.14 bits per heavy atom. The van der Waals surface area contributed by atoms with Crippen LogP contribution in [0.5, 0.6) is 0 Å². The number of aliphatic hydroxyl groups excluding tert-OH is 1. The summed E-state index contributed by atoms with van der Waals surface area (Å²) >= 11 is 0. The van der Waals surface area contributed by atoms with Crippen LogP contribution in [0.25, 0.3) is 0 Å². The molecule has 0 heterocycles. The van der Waals surface area contributed by atoms with Crippen molar-refractivity contribution < 1.29 is 19.8 Å². The van der Waals surface area contributed by atoms with Crippen molar-refractivity contribution >= 4 is 11.8 Å². The van der Waals surface area contributed by atoms with Crippen molar-refractivity contribution in [2.75, 3.05) is 0 Å². The number of allylic oxidation sites excluding steroid dienone is 1. The summed E-state index contributed by atoms with van der Waals surface area (Å²) in [6, 6.07) is 0. The van der Waals surface area contributed by atoms with Crippen LogP contribution in [0.1, 0.15) is 78.6 Å². The van der Waals surface area contributed by atoms with E-state index in [4.69, 9.17) is 5.11 Å². The molecule has 4 aliphatic carbocycles. The molecule has 0 amide bonds. The van der Waals surface area contributed by atoms with Crippen molar-refractivity contribution in [2.24, 2.45) is 40.4 Å². The summed E-state index contributed by atoms with van der Waals surface area (Å²) in [6.45, 7) is 7.02. The van der Waals surface area contributed by atoms with Gasteiger partial charge in [-0.15, -0.1) is 0 Å². The Hall–Kier alpha value is -1.16. The first kappa shape index (κ1) is 20.1. The Morgan fingerprint density at radius 3 is 2.61 bits per heavy atom. The van der Waals surface area contributed by atoms with Crippen molar-refractivity contribution in [3.8, 4) is 0 Å². The molecular weight excluding hydrogens is 352 g/mol. The lowest BCUT2D eigenvalue weighted by Crippen LogP contribution is -2.51. The van der Waals surface area contributed by atoms with Crippen molar-refractivity contribution in [1.29, 1.82) is 0 Å². The third-order valence-electron chi connectivity index (χ3n) is 9.60. The van der Waals surface area contributed by atoms with E-state index in [0.717, 1.165) is 25.2 Å². The summed E-state index contributed by atoms with van der Waals surface area (Å²) in [5.74, 6) is 2.09. The van der Waals surface area contributed by atoms with E-state index in [2.05, 4.69) is 20.8 Å². The molecule has 0 bridgehead atoms. The minimum Gasteiger partial charge on any atom is -0.479 e. The second-order valence-corrected chi connectivity index (χ2v) is 10.8. The second-order valence-electron chi connectivity index (χ2n) is 10.8. The molecule has 4 heteroatoms. The average Bonchev–Trinajstić information content (AvgIpc) is 2.99. The average molecular weight is 389 g/mol. The van der Waals surface area contributed by atoms with E-state index in [1.165, 1.54) is 31.3 Å². The Balaban J connectivity index is 1.55. The summed E-state index contributed by atoms with van der Waals surface area (Å²) in [5, 5.41) is 19.0. The third kappa shape index (κ3) is 2.98. The zero-order chi connectivity index (χ0) is 20.3. The maximum Gasteiger partial charge on any atom is 0.332 e. The fourth-order valence-electron chi connectivity index (χ4n) is 8.15. The molecule has 8 atom stereocenters. The molecule has 4 rings (SSSR count). The van der Waals surface area contributed by atoms with Gasteiger partial charge in [-0.3, -0.25) is 4.79 Å². The molecule has 1 unspecified atom stereocenters. The quantitative estimate of drug-likeness (QED) is 0.738. The lowest BCUT2D eigenvalue weighted by Gasteiger charge is -2.58. The maximum atomic E-state index is 12.0. The van der Waals surface area contributed by atoms with Crippen molar-refractivity contribution in [3.63, 3.8) is 0 Å². The number of fused-ring (bicyclic) bond motifs is 5. The van der Waals surface area contributed by atoms with Crippen LogP contribution in [0.3, 0.4) is 0 Å². The van der Waals surface area contributed by atoms with Gasteiger partial charge in [0.15, 0.2) is 11.9 Å². The first-order chi connectivity index (χ1) is 13.2. The molecule has 4 aliphatic rings. The van der Waals surface area contributed by atoms with Gasteiger partial charge in [-0.1, -0.05) is 26.3 Å². The highest BCUT2D eigenvalue weighted by molar-refractivity contribution is 5.91. The van der Waals surface area contributed by atoms with Gasteiger partial charge in [0.1, 0.15) is 0 Å². The topological polar surface area (TPSA) is 74.6 Å². The minimum atomic E-state index is -1.24. The van der Waals surface area contributed by atoms with E-state index in [1.807, 2.05) is 6.08 Å². The number of hydrogen-bond donors (Lipinski definition) is 2. The molecular formula is C24H36O4. The standard InChI is InChI=1S/C24H36O4/c1-14(12-21(26)22(27)28)18-6-7-19-17-5-4-15-13-16(25)8-10-23(15,2)20(17)9-11-24(18,19)3/h13-14,17-21,26H,4-12H2,1-3H3,(H,27,28)/t14-,17+,18-,19+,20+,21?,23+,24-/m1/s1. The molecule has 0 aromatic carbocycles. The van der Waals surface area contributed by atoms with Crippen LogP contribution >= 0.6 is 0 Å². The maximum absolute atomic E-state index is 12.0. The first-order valence-electron chi connectivity index (χ1n) is 11.3. The Labute approximate surface area is 168 Å². The molecule has 4 nitrogen and oxygen atoms in total. The lowest BCUT2D eigenvalue weighted by molar-refractivity contribution is -0.148. The van der Waals surface area contributed by atoms with Gasteiger partial charge >= 0.3 is 5.97 Å². The number of rotatable bonds is 4. The number of ketones is 1. The van der Waals surface area contributed by atoms with Crippen LogP contribution in [-0.2, 0) is 9.59 Å². The van der Waals surface area contributed by atoms with Gasteiger partial charge < -0.3 is 10.2 Å². The van der Waals surface area contributed by atoms with Crippen molar-refractivity contribution in [2.45, 2.75) is 84.7 Å². The third-order valence-corrected chi connectivity index (χ3v) is 9.60. The van der Waals surface area contributed by atoms with Gasteiger partial charge in [0, 0.05) is 6.42 Å². The largest absolute Gasteiger partial charge is 0.479 e. The van der Waals surface area contributed by atoms with Gasteiger partial charge in [-0.2, -0.15) is 0 Å². The number of carbonyl (C=O) groups excluding carboxylic acids is 1. The molecule has 156 valence electrons. The van der Waals surface area contributed by atoms with Crippen molar-refractivity contribution in [1.82, 2.24) is 0 Å².